The Labute approximate surface area is 144 Å². The quantitative estimate of drug-likeness (QED) is 0.808. The van der Waals surface area contributed by atoms with Crippen LogP contribution in [0.5, 0.6) is 0 Å². The van der Waals surface area contributed by atoms with Gasteiger partial charge < -0.3 is 11.1 Å². The largest absolute Gasteiger partial charge is 0.330 e. The lowest BCUT2D eigenvalue weighted by atomic mass is 10.1. The molecule has 0 spiro atoms. The molecule has 3 N–H and O–H groups in total. The van der Waals surface area contributed by atoms with Gasteiger partial charge in [0.1, 0.15) is 0 Å². The third-order valence-corrected chi connectivity index (χ3v) is 5.70. The zero-order valence-electron chi connectivity index (χ0n) is 14.2. The molecule has 0 aliphatic heterocycles. The van der Waals surface area contributed by atoms with Gasteiger partial charge in [-0.3, -0.25) is 4.79 Å². The Hall–Kier alpha value is -1.15. The first-order valence-electron chi connectivity index (χ1n) is 7.20. The molecular formula is C15H26ClN3O3S. The molecule has 0 aliphatic rings. The van der Waals surface area contributed by atoms with Gasteiger partial charge >= 0.3 is 0 Å². The number of halogens is 1. The number of benzene rings is 1. The minimum absolute atomic E-state index is 0. The zero-order valence-corrected chi connectivity index (χ0v) is 15.8. The molecule has 0 saturated carbocycles. The van der Waals surface area contributed by atoms with Gasteiger partial charge in [-0.15, -0.1) is 12.4 Å². The van der Waals surface area contributed by atoms with Crippen LogP contribution >= 0.6 is 12.4 Å². The van der Waals surface area contributed by atoms with Gasteiger partial charge in [0.05, 0.1) is 4.90 Å². The van der Waals surface area contributed by atoms with Crippen molar-refractivity contribution in [2.24, 2.45) is 11.7 Å². The number of amides is 1. The first kappa shape index (κ1) is 21.9. The first-order valence-corrected chi connectivity index (χ1v) is 8.64. The molecule has 0 aliphatic carbocycles. The molecule has 0 saturated heterocycles. The van der Waals surface area contributed by atoms with Crippen LogP contribution in [0, 0.1) is 12.8 Å². The minimum Gasteiger partial charge on any atom is -0.330 e. The number of hydrogen-bond acceptors (Lipinski definition) is 4. The van der Waals surface area contributed by atoms with Gasteiger partial charge in [0.25, 0.3) is 0 Å². The number of nitrogens with one attached hydrogen (secondary N) is 1. The molecule has 0 fully saturated rings. The molecule has 0 aromatic heterocycles. The van der Waals surface area contributed by atoms with Crippen LogP contribution in [0.4, 0.5) is 5.69 Å². The maximum Gasteiger partial charge on any atom is 0.243 e. The summed E-state index contributed by atoms with van der Waals surface area (Å²) in [5.41, 5.74) is 6.76. The standard InChI is InChI=1S/C15H25N3O3S.ClH/c1-10(2)18(5)22(20,21)13-7-6-11(3)14(8-13)17-15(19)12(4)9-16;/h6-8,10,12H,9,16H2,1-5H3,(H,17,19);1H. The summed E-state index contributed by atoms with van der Waals surface area (Å²) in [5.74, 6) is -0.560. The van der Waals surface area contributed by atoms with Gasteiger partial charge in [0, 0.05) is 31.2 Å². The predicted molar refractivity (Wildman–Crippen MR) is 95.4 cm³/mol. The maximum atomic E-state index is 12.5. The van der Waals surface area contributed by atoms with E-state index < -0.39 is 10.0 Å². The topological polar surface area (TPSA) is 92.5 Å². The Morgan fingerprint density at radius 3 is 2.35 bits per heavy atom. The number of nitrogens with zero attached hydrogens (tertiary/aromatic N) is 1. The first-order chi connectivity index (χ1) is 10.1. The van der Waals surface area contributed by atoms with Crippen molar-refractivity contribution in [1.82, 2.24) is 4.31 Å². The van der Waals surface area contributed by atoms with Crippen LogP contribution < -0.4 is 11.1 Å². The van der Waals surface area contributed by atoms with Crippen LogP contribution in [0.2, 0.25) is 0 Å². The second-order valence-corrected chi connectivity index (χ2v) is 7.72. The number of carbonyl (C=O) groups excluding carboxylic acids is 1. The molecule has 8 heteroatoms. The summed E-state index contributed by atoms with van der Waals surface area (Å²) in [6.07, 6.45) is 0. The van der Waals surface area contributed by atoms with Gasteiger partial charge in [-0.05, 0) is 38.5 Å². The molecule has 1 aromatic carbocycles. The van der Waals surface area contributed by atoms with Gasteiger partial charge in [0.15, 0.2) is 0 Å². The average molecular weight is 364 g/mol. The Balaban J connectivity index is 0.00000484. The SMILES string of the molecule is Cc1ccc(S(=O)(=O)N(C)C(C)C)cc1NC(=O)C(C)CN.Cl. The number of nitrogens with two attached hydrogens (primary N) is 1. The van der Waals surface area contributed by atoms with Crippen molar-refractivity contribution in [3.8, 4) is 0 Å². The van der Waals surface area contributed by atoms with Crippen molar-refractivity contribution >= 4 is 34.0 Å². The monoisotopic (exact) mass is 363 g/mol. The number of rotatable bonds is 6. The maximum absolute atomic E-state index is 12.5. The summed E-state index contributed by atoms with van der Waals surface area (Å²) in [7, 11) is -2.05. The Morgan fingerprint density at radius 1 is 1.30 bits per heavy atom. The second-order valence-electron chi connectivity index (χ2n) is 5.72. The number of aryl methyl sites for hydroxylation is 1. The number of sulfonamides is 1. The van der Waals surface area contributed by atoms with Crippen LogP contribution in [-0.2, 0) is 14.8 Å². The van der Waals surface area contributed by atoms with E-state index in [1.165, 1.54) is 17.4 Å². The van der Waals surface area contributed by atoms with Crippen LogP contribution in [-0.4, -0.2) is 38.3 Å². The van der Waals surface area contributed by atoms with E-state index in [9.17, 15) is 13.2 Å². The van der Waals surface area contributed by atoms with E-state index >= 15 is 0 Å². The molecule has 0 radical (unpaired) electrons. The van der Waals surface area contributed by atoms with E-state index in [0.29, 0.717) is 5.69 Å². The van der Waals surface area contributed by atoms with Gasteiger partial charge in [-0.1, -0.05) is 13.0 Å². The van der Waals surface area contributed by atoms with E-state index in [1.54, 1.807) is 32.9 Å². The van der Waals surface area contributed by atoms with Crippen molar-refractivity contribution < 1.29 is 13.2 Å². The lowest BCUT2D eigenvalue weighted by Gasteiger charge is -2.22. The molecule has 23 heavy (non-hydrogen) atoms. The smallest absolute Gasteiger partial charge is 0.243 e. The Morgan fingerprint density at radius 2 is 1.87 bits per heavy atom. The van der Waals surface area contributed by atoms with Crippen molar-refractivity contribution in [1.29, 1.82) is 0 Å². The lowest BCUT2D eigenvalue weighted by Crippen LogP contribution is -2.33. The highest BCUT2D eigenvalue weighted by molar-refractivity contribution is 7.89. The highest BCUT2D eigenvalue weighted by Crippen LogP contribution is 2.23. The van der Waals surface area contributed by atoms with Crippen LogP contribution in [0.1, 0.15) is 26.3 Å². The molecule has 0 heterocycles. The summed E-state index contributed by atoms with van der Waals surface area (Å²) < 4.78 is 26.3. The summed E-state index contributed by atoms with van der Waals surface area (Å²) in [6, 6.07) is 4.57. The van der Waals surface area contributed by atoms with E-state index in [1.807, 2.05) is 6.92 Å². The van der Waals surface area contributed by atoms with Crippen molar-refractivity contribution in [3.05, 3.63) is 23.8 Å². The second kappa shape index (κ2) is 8.63. The van der Waals surface area contributed by atoms with E-state index in [4.69, 9.17) is 5.73 Å². The fraction of sp³-hybridized carbons (Fsp3) is 0.533. The average Bonchev–Trinajstić information content (AvgIpc) is 2.47. The lowest BCUT2D eigenvalue weighted by molar-refractivity contribution is -0.119. The molecule has 1 unspecified atom stereocenters. The number of carbonyl (C=O) groups is 1. The van der Waals surface area contributed by atoms with Crippen LogP contribution in [0.3, 0.4) is 0 Å². The third kappa shape index (κ3) is 5.17. The van der Waals surface area contributed by atoms with Crippen LogP contribution in [0.25, 0.3) is 0 Å². The van der Waals surface area contributed by atoms with Gasteiger partial charge in [-0.2, -0.15) is 4.31 Å². The predicted octanol–water partition coefficient (Wildman–Crippen LogP) is 1.98. The number of anilines is 1. The molecule has 6 nitrogen and oxygen atoms in total. The Kier molecular flexibility index (Phi) is 8.20. The highest BCUT2D eigenvalue weighted by atomic mass is 35.5. The van der Waals surface area contributed by atoms with E-state index in [0.717, 1.165) is 5.56 Å². The van der Waals surface area contributed by atoms with E-state index in [2.05, 4.69) is 5.32 Å². The minimum atomic E-state index is -3.58. The van der Waals surface area contributed by atoms with Crippen molar-refractivity contribution in [2.75, 3.05) is 18.9 Å². The van der Waals surface area contributed by atoms with Crippen LogP contribution in [0.15, 0.2) is 23.1 Å². The van der Waals surface area contributed by atoms with E-state index in [-0.39, 0.29) is 41.7 Å². The Bertz CT molecular complexity index is 647. The summed E-state index contributed by atoms with van der Waals surface area (Å²) in [6.45, 7) is 7.37. The van der Waals surface area contributed by atoms with Gasteiger partial charge in [-0.25, -0.2) is 8.42 Å². The molecule has 1 rings (SSSR count). The molecule has 1 aromatic rings. The van der Waals surface area contributed by atoms with Gasteiger partial charge in [0.2, 0.25) is 15.9 Å². The summed E-state index contributed by atoms with van der Waals surface area (Å²) >= 11 is 0. The molecular weight excluding hydrogens is 338 g/mol. The highest BCUT2D eigenvalue weighted by Gasteiger charge is 2.24. The zero-order chi connectivity index (χ0) is 17.1. The van der Waals surface area contributed by atoms with Crippen molar-refractivity contribution in [2.45, 2.75) is 38.6 Å². The normalized spacial score (nSPS) is 12.9. The summed E-state index contributed by atoms with van der Waals surface area (Å²) in [4.78, 5) is 12.1. The molecule has 1 amide bonds. The summed E-state index contributed by atoms with van der Waals surface area (Å²) in [5, 5.41) is 2.74. The van der Waals surface area contributed by atoms with Crippen molar-refractivity contribution in [3.63, 3.8) is 0 Å². The fourth-order valence-corrected chi connectivity index (χ4v) is 3.10. The fourth-order valence-electron chi connectivity index (χ4n) is 1.70. The molecule has 1 atom stereocenters. The molecule has 0 bridgehead atoms. The number of hydrogen-bond donors (Lipinski definition) is 2. The molecule has 132 valence electrons. The third-order valence-electron chi connectivity index (χ3n) is 3.67.